The summed E-state index contributed by atoms with van der Waals surface area (Å²) in [5, 5.41) is 8.83. The minimum atomic E-state index is 0.0946. The number of anilines is 1. The van der Waals surface area contributed by atoms with E-state index in [4.69, 9.17) is 4.98 Å². The van der Waals surface area contributed by atoms with Gasteiger partial charge in [0.15, 0.2) is 0 Å². The molecule has 2 aliphatic rings. The molecule has 170 valence electrons. The zero-order valence-corrected chi connectivity index (χ0v) is 20.6. The summed E-state index contributed by atoms with van der Waals surface area (Å²) in [6, 6.07) is 9.42. The number of rotatable bonds is 7. The Balaban J connectivity index is 1.40. The normalized spacial score (nSPS) is 17.3. The number of fused-ring (bicyclic) bond motifs is 2. The Morgan fingerprint density at radius 2 is 2.03 bits per heavy atom. The van der Waals surface area contributed by atoms with Crippen molar-refractivity contribution in [1.29, 1.82) is 0 Å². The van der Waals surface area contributed by atoms with Gasteiger partial charge in [0.1, 0.15) is 10.0 Å². The van der Waals surface area contributed by atoms with Crippen LogP contribution < -0.4 is 10.6 Å². The number of nitrogens with zero attached hydrogens (tertiary/aromatic N) is 2. The van der Waals surface area contributed by atoms with Crippen molar-refractivity contribution >= 4 is 43.8 Å². The molecule has 3 aromatic rings. The molecule has 1 fully saturated rings. The number of aromatic nitrogens is 1. The Labute approximate surface area is 198 Å². The van der Waals surface area contributed by atoms with E-state index in [0.717, 1.165) is 47.1 Å². The third-order valence-corrected chi connectivity index (χ3v) is 8.90. The fourth-order valence-corrected chi connectivity index (χ4v) is 7.27. The van der Waals surface area contributed by atoms with Gasteiger partial charge in [0.05, 0.1) is 10.2 Å². The predicted octanol–water partition coefficient (Wildman–Crippen LogP) is 5.65. The van der Waals surface area contributed by atoms with Crippen LogP contribution in [0.2, 0.25) is 0 Å². The molecule has 7 heteroatoms. The molecule has 0 atom stereocenters. The Morgan fingerprint density at radius 1 is 1.22 bits per heavy atom. The molecule has 1 aromatic carbocycles. The van der Waals surface area contributed by atoms with Gasteiger partial charge in [-0.25, -0.2) is 4.98 Å². The van der Waals surface area contributed by atoms with Crippen LogP contribution in [0.4, 0.5) is 5.00 Å². The second-order valence-electron chi connectivity index (χ2n) is 9.24. The Hall–Kier alpha value is -1.80. The van der Waals surface area contributed by atoms with Gasteiger partial charge in [-0.05, 0) is 50.8 Å². The number of nitrogens with one attached hydrogen (secondary N) is 2. The fraction of sp³-hybridized carbons (Fsp3) is 0.520. The summed E-state index contributed by atoms with van der Waals surface area (Å²) >= 11 is 3.48. The highest BCUT2D eigenvalue weighted by Crippen LogP contribution is 2.45. The Morgan fingerprint density at radius 3 is 2.81 bits per heavy atom. The van der Waals surface area contributed by atoms with Gasteiger partial charge in [0.25, 0.3) is 0 Å². The third kappa shape index (κ3) is 4.62. The van der Waals surface area contributed by atoms with Crippen molar-refractivity contribution in [1.82, 2.24) is 15.2 Å². The van der Waals surface area contributed by atoms with Crippen LogP contribution >= 0.6 is 22.7 Å². The number of hydrogen-bond acceptors (Lipinski definition) is 6. The Bertz CT molecular complexity index is 1060. The van der Waals surface area contributed by atoms with Gasteiger partial charge in [-0.15, -0.1) is 22.7 Å². The molecule has 0 bridgehead atoms. The maximum absolute atomic E-state index is 12.9. The molecule has 2 N–H and O–H groups in total. The average molecular weight is 469 g/mol. The van der Waals surface area contributed by atoms with E-state index in [2.05, 4.69) is 47.6 Å². The first kappa shape index (κ1) is 22.0. The van der Waals surface area contributed by atoms with Crippen LogP contribution in [0.1, 0.15) is 56.4 Å². The van der Waals surface area contributed by atoms with E-state index in [1.54, 1.807) is 22.7 Å². The molecule has 0 spiro atoms. The van der Waals surface area contributed by atoms with Crippen LogP contribution in [0.15, 0.2) is 24.3 Å². The molecular formula is C25H32N4OS2. The van der Waals surface area contributed by atoms with E-state index in [-0.39, 0.29) is 5.91 Å². The highest BCUT2D eigenvalue weighted by Gasteiger charge is 2.28. The molecule has 5 nitrogen and oxygen atoms in total. The SMILES string of the molecule is CC(C)N1CCc2c(sc(NC(=O)CCNC3CCCC3)c2-c2nc3ccccc3s2)C1. The van der Waals surface area contributed by atoms with Crippen LogP contribution in [0.5, 0.6) is 0 Å². The van der Waals surface area contributed by atoms with Crippen LogP contribution in [-0.2, 0) is 17.8 Å². The first-order valence-electron chi connectivity index (χ1n) is 11.9. The van der Waals surface area contributed by atoms with Gasteiger partial charge in [0.2, 0.25) is 5.91 Å². The topological polar surface area (TPSA) is 57.3 Å². The van der Waals surface area contributed by atoms with Crippen molar-refractivity contribution in [2.24, 2.45) is 0 Å². The van der Waals surface area contributed by atoms with E-state index in [9.17, 15) is 4.79 Å². The highest BCUT2D eigenvalue weighted by atomic mass is 32.1. The van der Waals surface area contributed by atoms with Crippen molar-refractivity contribution in [2.75, 3.05) is 18.4 Å². The highest BCUT2D eigenvalue weighted by molar-refractivity contribution is 7.22. The number of hydrogen-bond donors (Lipinski definition) is 2. The summed E-state index contributed by atoms with van der Waals surface area (Å²) in [6.45, 7) is 7.27. The Kier molecular flexibility index (Phi) is 6.60. The monoisotopic (exact) mass is 468 g/mol. The van der Waals surface area contributed by atoms with Gasteiger partial charge >= 0.3 is 0 Å². The lowest BCUT2D eigenvalue weighted by Gasteiger charge is -2.30. The van der Waals surface area contributed by atoms with Crippen molar-refractivity contribution < 1.29 is 4.79 Å². The summed E-state index contributed by atoms with van der Waals surface area (Å²) in [7, 11) is 0. The molecule has 3 heterocycles. The molecule has 1 aliphatic heterocycles. The van der Waals surface area contributed by atoms with Gasteiger partial charge in [-0.1, -0.05) is 25.0 Å². The maximum atomic E-state index is 12.9. The van der Waals surface area contributed by atoms with Gasteiger partial charge in [-0.2, -0.15) is 0 Å². The molecule has 2 aromatic heterocycles. The number of carbonyl (C=O) groups excluding carboxylic acids is 1. The molecule has 1 amide bonds. The van der Waals surface area contributed by atoms with Crippen LogP contribution in [0, 0.1) is 0 Å². The number of thiophene rings is 1. The molecule has 1 saturated carbocycles. The molecule has 1 aliphatic carbocycles. The van der Waals surface area contributed by atoms with Crippen LogP contribution in [0.25, 0.3) is 20.8 Å². The van der Waals surface area contributed by atoms with Crippen LogP contribution in [-0.4, -0.2) is 41.0 Å². The number of thiazole rings is 1. The maximum Gasteiger partial charge on any atom is 0.226 e. The van der Waals surface area contributed by atoms with E-state index in [1.807, 2.05) is 6.07 Å². The number of benzene rings is 1. The summed E-state index contributed by atoms with van der Waals surface area (Å²) < 4.78 is 1.19. The number of carbonyl (C=O) groups is 1. The minimum Gasteiger partial charge on any atom is -0.317 e. The average Bonchev–Trinajstić information content (AvgIpc) is 3.50. The lowest BCUT2D eigenvalue weighted by atomic mass is 10.0. The summed E-state index contributed by atoms with van der Waals surface area (Å²) in [5.41, 5.74) is 3.57. The molecular weight excluding hydrogens is 436 g/mol. The van der Waals surface area contributed by atoms with Crippen LogP contribution in [0.3, 0.4) is 0 Å². The summed E-state index contributed by atoms with van der Waals surface area (Å²) in [5.74, 6) is 0.0946. The van der Waals surface area contributed by atoms with Gasteiger partial charge in [0, 0.05) is 48.6 Å². The van der Waals surface area contributed by atoms with E-state index < -0.39 is 0 Å². The van der Waals surface area contributed by atoms with Crippen molar-refractivity contribution in [3.8, 4) is 10.6 Å². The second-order valence-corrected chi connectivity index (χ2v) is 11.4. The summed E-state index contributed by atoms with van der Waals surface area (Å²) in [6.07, 6.45) is 6.62. The summed E-state index contributed by atoms with van der Waals surface area (Å²) in [4.78, 5) is 21.7. The first-order chi connectivity index (χ1) is 15.6. The van der Waals surface area contributed by atoms with Crippen molar-refractivity contribution in [2.45, 2.75) is 71.0 Å². The molecule has 32 heavy (non-hydrogen) atoms. The quantitative estimate of drug-likeness (QED) is 0.470. The molecule has 0 radical (unpaired) electrons. The van der Waals surface area contributed by atoms with Gasteiger partial charge < -0.3 is 10.6 Å². The van der Waals surface area contributed by atoms with Gasteiger partial charge in [-0.3, -0.25) is 9.69 Å². The molecule has 0 saturated heterocycles. The lowest BCUT2D eigenvalue weighted by Crippen LogP contribution is -2.35. The van der Waals surface area contributed by atoms with E-state index >= 15 is 0 Å². The second kappa shape index (κ2) is 9.59. The third-order valence-electron chi connectivity index (χ3n) is 6.72. The minimum absolute atomic E-state index is 0.0946. The zero-order chi connectivity index (χ0) is 22.1. The largest absolute Gasteiger partial charge is 0.317 e. The van der Waals surface area contributed by atoms with E-state index in [0.29, 0.717) is 18.5 Å². The fourth-order valence-electron chi connectivity index (χ4n) is 4.87. The first-order valence-corrected chi connectivity index (χ1v) is 13.5. The van der Waals surface area contributed by atoms with E-state index in [1.165, 1.54) is 40.8 Å². The lowest BCUT2D eigenvalue weighted by molar-refractivity contribution is -0.116. The molecule has 5 rings (SSSR count). The van der Waals surface area contributed by atoms with Crippen molar-refractivity contribution in [3.05, 3.63) is 34.7 Å². The standard InChI is InChI=1S/C25H32N4OS2/c1-16(2)29-14-12-18-21(15-29)32-25(28-22(30)11-13-26-17-7-3-4-8-17)23(18)24-27-19-9-5-6-10-20(19)31-24/h5-6,9-10,16-17,26H,3-4,7-8,11-15H2,1-2H3,(H,28,30). The number of amides is 1. The predicted molar refractivity (Wildman–Crippen MR) is 136 cm³/mol. The molecule has 0 unspecified atom stereocenters. The zero-order valence-electron chi connectivity index (χ0n) is 18.9. The van der Waals surface area contributed by atoms with Crippen molar-refractivity contribution in [3.63, 3.8) is 0 Å². The number of para-hydroxylation sites is 1. The smallest absolute Gasteiger partial charge is 0.226 e.